The fourth-order valence-corrected chi connectivity index (χ4v) is 4.57. The topological polar surface area (TPSA) is 139 Å². The molecule has 0 radical (unpaired) electrons. The average Bonchev–Trinajstić information content (AvgIpc) is 3.02. The van der Waals surface area contributed by atoms with Crippen LogP contribution in [0.1, 0.15) is 39.2 Å². The summed E-state index contributed by atoms with van der Waals surface area (Å²) in [6, 6.07) is 7.84. The molecular formula is C22H24N2O8S. The molecule has 176 valence electrons. The minimum atomic E-state index is -3.64. The van der Waals surface area contributed by atoms with Crippen molar-refractivity contribution in [2.75, 3.05) is 37.6 Å². The van der Waals surface area contributed by atoms with Crippen molar-refractivity contribution in [1.29, 1.82) is 0 Å². The number of carbonyl (C=O) groups is 3. The molecule has 0 aromatic heterocycles. The average molecular weight is 477 g/mol. The highest BCUT2D eigenvalue weighted by Crippen LogP contribution is 2.38. The first kappa shape index (κ1) is 24.2. The maximum Gasteiger partial charge on any atom is 0.264 e. The number of hydrogen-bond donors (Lipinski definition) is 2. The Morgan fingerprint density at radius 2 is 1.88 bits per heavy atom. The number of nitrogens with zero attached hydrogens (tertiary/aromatic N) is 1. The number of imide groups is 1. The number of amides is 3. The smallest absolute Gasteiger partial charge is 0.264 e. The van der Waals surface area contributed by atoms with Crippen LogP contribution < -0.4 is 14.8 Å². The third-order valence-electron chi connectivity index (χ3n) is 5.01. The normalized spacial score (nSPS) is 14.1. The molecule has 11 heteroatoms. The molecule has 10 nitrogen and oxygen atoms in total. The lowest BCUT2D eigenvalue weighted by atomic mass is 10.1. The second-order valence-corrected chi connectivity index (χ2v) is 9.55. The summed E-state index contributed by atoms with van der Waals surface area (Å²) in [6.45, 7) is 1.28. The number of benzene rings is 2. The monoisotopic (exact) mass is 476 g/mol. The number of aliphatic hydroxyl groups excluding tert-OH is 1. The third-order valence-corrected chi connectivity index (χ3v) is 5.93. The fraction of sp³-hybridized carbons (Fsp3) is 0.318. The van der Waals surface area contributed by atoms with Crippen LogP contribution in [-0.2, 0) is 14.6 Å². The summed E-state index contributed by atoms with van der Waals surface area (Å²) in [4.78, 5) is 39.2. The van der Waals surface area contributed by atoms with Crippen LogP contribution in [0.3, 0.4) is 0 Å². The summed E-state index contributed by atoms with van der Waals surface area (Å²) in [5.41, 5.74) is 0.365. The highest BCUT2D eigenvalue weighted by atomic mass is 32.2. The van der Waals surface area contributed by atoms with Crippen molar-refractivity contribution in [3.8, 4) is 11.5 Å². The van der Waals surface area contributed by atoms with Gasteiger partial charge in [0.05, 0.1) is 42.3 Å². The Kier molecular flexibility index (Phi) is 7.04. The van der Waals surface area contributed by atoms with E-state index in [1.807, 2.05) is 0 Å². The second-order valence-electron chi connectivity index (χ2n) is 7.37. The van der Waals surface area contributed by atoms with Crippen molar-refractivity contribution in [2.45, 2.75) is 13.0 Å². The van der Waals surface area contributed by atoms with Gasteiger partial charge in [0, 0.05) is 6.26 Å². The Balaban J connectivity index is 2.12. The Bertz CT molecular complexity index is 1210. The number of fused-ring (bicyclic) bond motifs is 1. The summed E-state index contributed by atoms with van der Waals surface area (Å²) in [5, 5.41) is 11.4. The van der Waals surface area contributed by atoms with Crippen LogP contribution in [0.25, 0.3) is 0 Å². The zero-order valence-electron chi connectivity index (χ0n) is 18.3. The Hall–Kier alpha value is -3.44. The van der Waals surface area contributed by atoms with Gasteiger partial charge in [-0.25, -0.2) is 8.42 Å². The quantitative estimate of drug-likeness (QED) is 0.518. The van der Waals surface area contributed by atoms with Crippen molar-refractivity contribution in [2.24, 2.45) is 0 Å². The molecule has 33 heavy (non-hydrogen) atoms. The van der Waals surface area contributed by atoms with Crippen LogP contribution in [0.4, 0.5) is 5.69 Å². The molecule has 0 saturated heterocycles. The lowest BCUT2D eigenvalue weighted by Crippen LogP contribution is -2.37. The molecule has 3 rings (SSSR count). The first-order valence-corrected chi connectivity index (χ1v) is 12.1. The van der Waals surface area contributed by atoms with Gasteiger partial charge in [-0.1, -0.05) is 12.1 Å². The molecule has 0 aliphatic carbocycles. The zero-order valence-corrected chi connectivity index (χ0v) is 19.1. The number of aliphatic hydroxyl groups is 1. The molecule has 2 aromatic carbocycles. The van der Waals surface area contributed by atoms with E-state index in [2.05, 4.69) is 5.32 Å². The molecule has 1 atom stereocenters. The number of sulfone groups is 1. The Morgan fingerprint density at radius 1 is 1.15 bits per heavy atom. The molecule has 0 saturated carbocycles. The fourth-order valence-electron chi connectivity index (χ4n) is 3.66. The van der Waals surface area contributed by atoms with Crippen LogP contribution in [-0.4, -0.2) is 68.5 Å². The molecule has 1 aliphatic heterocycles. The molecule has 2 aromatic rings. The molecule has 0 bridgehead atoms. The van der Waals surface area contributed by atoms with E-state index in [0.717, 1.165) is 11.2 Å². The van der Waals surface area contributed by atoms with E-state index in [-0.39, 0.29) is 16.8 Å². The molecular weight excluding hydrogens is 452 g/mol. The van der Waals surface area contributed by atoms with Gasteiger partial charge in [-0.15, -0.1) is 0 Å². The minimum absolute atomic E-state index is 0.0211. The van der Waals surface area contributed by atoms with E-state index in [1.54, 1.807) is 19.1 Å². The predicted octanol–water partition coefficient (Wildman–Crippen LogP) is 1.41. The van der Waals surface area contributed by atoms with E-state index >= 15 is 0 Å². The molecule has 0 spiro atoms. The third kappa shape index (κ3) is 4.99. The van der Waals surface area contributed by atoms with Crippen molar-refractivity contribution < 1.29 is 37.4 Å². The number of nitrogens with one attached hydrogen (secondary N) is 1. The maximum absolute atomic E-state index is 13.4. The van der Waals surface area contributed by atoms with E-state index in [4.69, 9.17) is 14.6 Å². The molecule has 1 aliphatic rings. The van der Waals surface area contributed by atoms with Crippen molar-refractivity contribution in [3.63, 3.8) is 0 Å². The lowest BCUT2D eigenvalue weighted by Gasteiger charge is -2.27. The lowest BCUT2D eigenvalue weighted by molar-refractivity contribution is -0.118. The minimum Gasteiger partial charge on any atom is -0.493 e. The van der Waals surface area contributed by atoms with Gasteiger partial charge in [0.2, 0.25) is 5.91 Å². The summed E-state index contributed by atoms with van der Waals surface area (Å²) in [6.07, 6.45) is 1.01. The van der Waals surface area contributed by atoms with Crippen LogP contribution >= 0.6 is 0 Å². The van der Waals surface area contributed by atoms with E-state index in [1.165, 1.54) is 31.4 Å². The van der Waals surface area contributed by atoms with Crippen molar-refractivity contribution >= 4 is 33.2 Å². The predicted molar refractivity (Wildman–Crippen MR) is 119 cm³/mol. The summed E-state index contributed by atoms with van der Waals surface area (Å²) >= 11 is 0. The summed E-state index contributed by atoms with van der Waals surface area (Å²) in [7, 11) is -2.18. The maximum atomic E-state index is 13.4. The highest BCUT2D eigenvalue weighted by molar-refractivity contribution is 7.90. The van der Waals surface area contributed by atoms with Gasteiger partial charge in [0.15, 0.2) is 11.5 Å². The first-order valence-electron chi connectivity index (χ1n) is 10.0. The van der Waals surface area contributed by atoms with Crippen molar-refractivity contribution in [1.82, 2.24) is 4.90 Å². The van der Waals surface area contributed by atoms with Crippen LogP contribution in [0.2, 0.25) is 0 Å². The molecule has 2 N–H and O–H groups in total. The first-order chi connectivity index (χ1) is 15.6. The van der Waals surface area contributed by atoms with Crippen LogP contribution in [0.5, 0.6) is 11.5 Å². The standard InChI is InChI=1S/C22H24N2O8S/c1-4-32-18-10-13(8-9-17(18)31-2)16(12-33(3,29)30)24-21(27)14-6-5-7-15(20(14)22(24)28)23-19(26)11-25/h5-10,16,25H,4,11-12H2,1-3H3,(H,23,26)/t16-/m1/s1. The number of methoxy groups -OCH3 is 1. The summed E-state index contributed by atoms with van der Waals surface area (Å²) < 4.78 is 35.3. The molecule has 3 amide bonds. The number of hydrogen-bond acceptors (Lipinski definition) is 8. The number of ether oxygens (including phenoxy) is 2. The number of anilines is 1. The van der Waals surface area contributed by atoms with Gasteiger partial charge in [0.25, 0.3) is 11.8 Å². The van der Waals surface area contributed by atoms with E-state index < -0.39 is 46.0 Å². The van der Waals surface area contributed by atoms with E-state index in [9.17, 15) is 22.8 Å². The number of carbonyl (C=O) groups excluding carboxylic acids is 3. The Labute approximate surface area is 191 Å². The zero-order chi connectivity index (χ0) is 24.3. The summed E-state index contributed by atoms with van der Waals surface area (Å²) in [5.74, 6) is -1.98. The van der Waals surface area contributed by atoms with Gasteiger partial charge in [0.1, 0.15) is 16.4 Å². The van der Waals surface area contributed by atoms with Gasteiger partial charge >= 0.3 is 0 Å². The number of rotatable bonds is 9. The van der Waals surface area contributed by atoms with Gasteiger partial charge in [-0.2, -0.15) is 0 Å². The molecule has 1 heterocycles. The van der Waals surface area contributed by atoms with Crippen LogP contribution in [0.15, 0.2) is 36.4 Å². The van der Waals surface area contributed by atoms with Crippen molar-refractivity contribution in [3.05, 3.63) is 53.1 Å². The van der Waals surface area contributed by atoms with E-state index in [0.29, 0.717) is 23.7 Å². The largest absolute Gasteiger partial charge is 0.493 e. The van der Waals surface area contributed by atoms with Gasteiger partial charge < -0.3 is 19.9 Å². The van der Waals surface area contributed by atoms with Gasteiger partial charge in [-0.05, 0) is 36.8 Å². The Morgan fingerprint density at radius 3 is 2.48 bits per heavy atom. The second kappa shape index (κ2) is 9.59. The van der Waals surface area contributed by atoms with Crippen LogP contribution in [0, 0.1) is 0 Å². The van der Waals surface area contributed by atoms with Gasteiger partial charge in [-0.3, -0.25) is 19.3 Å². The molecule has 0 unspecified atom stereocenters. The molecule has 0 fully saturated rings. The SMILES string of the molecule is CCOc1cc([C@@H](CS(C)(=O)=O)N2C(=O)c3cccc(NC(=O)CO)c3C2=O)ccc1OC. The highest BCUT2D eigenvalue weighted by Gasteiger charge is 2.43.